The van der Waals surface area contributed by atoms with E-state index >= 15 is 0 Å². The highest BCUT2D eigenvalue weighted by molar-refractivity contribution is 7.15. The molecule has 10 heavy (non-hydrogen) atoms. The molecule has 0 aliphatic heterocycles. The number of carbonyl (C=O) groups is 1. The topological polar surface area (TPSA) is 29.1 Å². The molecule has 1 aromatic heterocycles. The minimum Gasteiger partial charge on any atom is -0.324 e. The fraction of sp³-hybridized carbons (Fsp3) is 0.167. The zero-order valence-corrected chi connectivity index (χ0v) is 6.92. The summed E-state index contributed by atoms with van der Waals surface area (Å²) in [6, 6.07) is 1.77. The maximum absolute atomic E-state index is 10.5. The molecule has 0 saturated carbocycles. The number of hydrogen-bond donors (Lipinski definition) is 1. The number of halogens is 1. The molecule has 0 atom stereocenters. The highest BCUT2D eigenvalue weighted by Crippen LogP contribution is 2.27. The average molecular weight is 176 g/mol. The van der Waals surface area contributed by atoms with Crippen LogP contribution in [0.3, 0.4) is 0 Å². The monoisotopic (exact) mass is 175 g/mol. The van der Waals surface area contributed by atoms with Crippen LogP contribution in [-0.2, 0) is 4.79 Å². The van der Waals surface area contributed by atoms with Crippen LogP contribution >= 0.6 is 22.9 Å². The van der Waals surface area contributed by atoms with Gasteiger partial charge in [-0.3, -0.25) is 4.79 Å². The third-order valence-corrected chi connectivity index (χ3v) is 2.10. The van der Waals surface area contributed by atoms with Crippen LogP contribution < -0.4 is 5.32 Å². The molecule has 0 aliphatic carbocycles. The van der Waals surface area contributed by atoms with Gasteiger partial charge in [-0.2, -0.15) is 0 Å². The highest BCUT2D eigenvalue weighted by atomic mass is 35.5. The van der Waals surface area contributed by atoms with Gasteiger partial charge in [0.15, 0.2) is 0 Å². The second kappa shape index (κ2) is 3.03. The first kappa shape index (κ1) is 7.57. The summed E-state index contributed by atoms with van der Waals surface area (Å²) in [5, 5.41) is 4.42. The van der Waals surface area contributed by atoms with E-state index in [4.69, 9.17) is 11.6 Å². The number of hydrogen-bond acceptors (Lipinski definition) is 2. The summed E-state index contributed by atoms with van der Waals surface area (Å²) in [7, 11) is 0. The van der Waals surface area contributed by atoms with Crippen molar-refractivity contribution >= 4 is 34.5 Å². The predicted molar refractivity (Wildman–Crippen MR) is 43.6 cm³/mol. The summed E-state index contributed by atoms with van der Waals surface area (Å²) in [6.45, 7) is 1.45. The van der Waals surface area contributed by atoms with E-state index < -0.39 is 0 Å². The van der Waals surface area contributed by atoms with Crippen molar-refractivity contribution in [3.05, 3.63) is 15.8 Å². The van der Waals surface area contributed by atoms with Crippen LogP contribution in [0.25, 0.3) is 0 Å². The molecule has 0 aliphatic rings. The summed E-state index contributed by atoms with van der Waals surface area (Å²) >= 11 is 7.08. The Kier molecular flexibility index (Phi) is 2.29. The van der Waals surface area contributed by atoms with Crippen LogP contribution in [0, 0.1) is 0 Å². The van der Waals surface area contributed by atoms with Crippen molar-refractivity contribution in [1.82, 2.24) is 0 Å². The fourth-order valence-electron chi connectivity index (χ4n) is 0.571. The van der Waals surface area contributed by atoms with E-state index in [1.165, 1.54) is 18.3 Å². The highest BCUT2D eigenvalue weighted by Gasteiger charge is 2.00. The molecular formula is C6H6ClNOS. The molecule has 0 saturated heterocycles. The number of carbonyl (C=O) groups excluding carboxylic acids is 1. The van der Waals surface area contributed by atoms with Gasteiger partial charge >= 0.3 is 0 Å². The summed E-state index contributed by atoms with van der Waals surface area (Å²) in [5.74, 6) is -0.0969. The molecule has 4 heteroatoms. The van der Waals surface area contributed by atoms with Crippen LogP contribution in [0.2, 0.25) is 4.34 Å². The minimum atomic E-state index is -0.0969. The molecule has 1 N–H and O–H groups in total. The van der Waals surface area contributed by atoms with E-state index in [1.54, 1.807) is 6.07 Å². The van der Waals surface area contributed by atoms with Crippen molar-refractivity contribution in [1.29, 1.82) is 0 Å². The van der Waals surface area contributed by atoms with Gasteiger partial charge in [0.2, 0.25) is 5.91 Å². The van der Waals surface area contributed by atoms with E-state index in [0.717, 1.165) is 0 Å². The third kappa shape index (κ3) is 1.72. The van der Waals surface area contributed by atoms with Gasteiger partial charge in [-0.15, -0.1) is 11.3 Å². The molecule has 0 radical (unpaired) electrons. The lowest BCUT2D eigenvalue weighted by molar-refractivity contribution is -0.114. The standard InChI is InChI=1S/C6H6ClNOS/c1-4(9)8-5-2-3-10-6(5)7/h2-3H,1H3,(H,8,9). The molecule has 0 aromatic carbocycles. The first-order valence-corrected chi connectivity index (χ1v) is 3.96. The lowest BCUT2D eigenvalue weighted by Crippen LogP contribution is -2.04. The van der Waals surface area contributed by atoms with E-state index in [9.17, 15) is 4.79 Å². The third-order valence-electron chi connectivity index (χ3n) is 0.929. The molecule has 0 unspecified atom stereocenters. The lowest BCUT2D eigenvalue weighted by atomic mass is 10.5. The molecule has 1 aromatic rings. The number of amides is 1. The second-order valence-corrected chi connectivity index (χ2v) is 3.31. The zero-order chi connectivity index (χ0) is 7.56. The molecule has 54 valence electrons. The molecule has 0 bridgehead atoms. The van der Waals surface area contributed by atoms with Crippen molar-refractivity contribution in [2.24, 2.45) is 0 Å². The fourth-order valence-corrected chi connectivity index (χ4v) is 1.41. The summed E-state index contributed by atoms with van der Waals surface area (Å²) < 4.78 is 0.621. The molecule has 0 fully saturated rings. The van der Waals surface area contributed by atoms with Gasteiger partial charge < -0.3 is 5.32 Å². The molecule has 1 amide bonds. The normalized spacial score (nSPS) is 9.40. The maximum atomic E-state index is 10.5. The van der Waals surface area contributed by atoms with Gasteiger partial charge in [0, 0.05) is 6.92 Å². The van der Waals surface area contributed by atoms with Gasteiger partial charge in [-0.05, 0) is 11.4 Å². The zero-order valence-electron chi connectivity index (χ0n) is 5.35. The Morgan fingerprint density at radius 2 is 2.50 bits per heavy atom. The van der Waals surface area contributed by atoms with Gasteiger partial charge in [0.1, 0.15) is 4.34 Å². The molecule has 1 rings (SSSR count). The predicted octanol–water partition coefficient (Wildman–Crippen LogP) is 2.36. The van der Waals surface area contributed by atoms with Crippen molar-refractivity contribution in [3.63, 3.8) is 0 Å². The first-order chi connectivity index (χ1) is 4.70. The van der Waals surface area contributed by atoms with Crippen molar-refractivity contribution in [2.75, 3.05) is 5.32 Å². The summed E-state index contributed by atoms with van der Waals surface area (Å²) in [5.41, 5.74) is 0.694. The molecule has 0 spiro atoms. The van der Waals surface area contributed by atoms with E-state index in [-0.39, 0.29) is 5.91 Å². The van der Waals surface area contributed by atoms with Gasteiger partial charge in [0.25, 0.3) is 0 Å². The molecular weight excluding hydrogens is 170 g/mol. The Balaban J connectivity index is 2.74. The van der Waals surface area contributed by atoms with Gasteiger partial charge in [-0.25, -0.2) is 0 Å². The van der Waals surface area contributed by atoms with Crippen molar-refractivity contribution < 1.29 is 4.79 Å². The second-order valence-electron chi connectivity index (χ2n) is 1.79. The maximum Gasteiger partial charge on any atom is 0.221 e. The average Bonchev–Trinajstić information content (AvgIpc) is 2.15. The van der Waals surface area contributed by atoms with Gasteiger partial charge in [-0.1, -0.05) is 11.6 Å². The Labute approximate surface area is 67.8 Å². The van der Waals surface area contributed by atoms with Crippen LogP contribution in [0.15, 0.2) is 11.4 Å². The minimum absolute atomic E-state index is 0.0969. The Bertz CT molecular complexity index is 246. The van der Waals surface area contributed by atoms with Crippen LogP contribution in [-0.4, -0.2) is 5.91 Å². The van der Waals surface area contributed by atoms with Crippen molar-refractivity contribution in [3.8, 4) is 0 Å². The lowest BCUT2D eigenvalue weighted by Gasteiger charge is -1.95. The van der Waals surface area contributed by atoms with Crippen LogP contribution in [0.1, 0.15) is 6.92 Å². The van der Waals surface area contributed by atoms with Crippen molar-refractivity contribution in [2.45, 2.75) is 6.92 Å². The molecule has 1 heterocycles. The Hall–Kier alpha value is -0.540. The SMILES string of the molecule is CC(=O)Nc1ccsc1Cl. The molecule has 2 nitrogen and oxygen atoms in total. The largest absolute Gasteiger partial charge is 0.324 e. The van der Waals surface area contributed by atoms with E-state index in [2.05, 4.69) is 5.32 Å². The smallest absolute Gasteiger partial charge is 0.221 e. The quantitative estimate of drug-likeness (QED) is 0.698. The number of rotatable bonds is 1. The number of nitrogens with one attached hydrogen (secondary N) is 1. The first-order valence-electron chi connectivity index (χ1n) is 2.70. The van der Waals surface area contributed by atoms with E-state index in [0.29, 0.717) is 10.0 Å². The van der Waals surface area contributed by atoms with Crippen LogP contribution in [0.4, 0.5) is 5.69 Å². The summed E-state index contributed by atoms with van der Waals surface area (Å²) in [4.78, 5) is 10.5. The van der Waals surface area contributed by atoms with Gasteiger partial charge in [0.05, 0.1) is 5.69 Å². The Morgan fingerprint density at radius 1 is 1.80 bits per heavy atom. The summed E-state index contributed by atoms with van der Waals surface area (Å²) in [6.07, 6.45) is 0. The number of anilines is 1. The Morgan fingerprint density at radius 3 is 2.90 bits per heavy atom. The number of thiophene rings is 1. The van der Waals surface area contributed by atoms with Crippen LogP contribution in [0.5, 0.6) is 0 Å². The van der Waals surface area contributed by atoms with E-state index in [1.807, 2.05) is 5.38 Å².